The number of hydrogen-bond acceptors (Lipinski definition) is 4. The van der Waals surface area contributed by atoms with Gasteiger partial charge in [-0.1, -0.05) is 24.3 Å². The van der Waals surface area contributed by atoms with E-state index < -0.39 is 0 Å². The lowest BCUT2D eigenvalue weighted by Gasteiger charge is -2.41. The predicted molar refractivity (Wildman–Crippen MR) is 89.2 cm³/mol. The number of benzene rings is 2. The molecule has 116 valence electrons. The maximum Gasteiger partial charge on any atom is 0.161 e. The third kappa shape index (κ3) is 2.16. The fourth-order valence-corrected chi connectivity index (χ4v) is 3.56. The number of nitrogens with one attached hydrogen (secondary N) is 1. The molecule has 2 heterocycles. The highest BCUT2D eigenvalue weighted by Gasteiger charge is 2.38. The molecule has 2 aliphatic heterocycles. The van der Waals surface area contributed by atoms with E-state index in [1.165, 1.54) is 17.2 Å². The lowest BCUT2D eigenvalue weighted by Crippen LogP contribution is -2.47. The fraction of sp³-hybridized carbons (Fsp3) is 0.294. The van der Waals surface area contributed by atoms with Gasteiger partial charge in [-0.2, -0.15) is 0 Å². The Bertz CT molecular complexity index is 719. The van der Waals surface area contributed by atoms with E-state index in [0.29, 0.717) is 12.4 Å². The summed E-state index contributed by atoms with van der Waals surface area (Å²) >= 11 is 0. The van der Waals surface area contributed by atoms with Gasteiger partial charge in [-0.25, -0.2) is 0 Å². The van der Waals surface area contributed by atoms with Crippen LogP contribution in [-0.4, -0.2) is 22.9 Å². The smallest absolute Gasteiger partial charge is 0.161 e. The van der Waals surface area contributed by atoms with Crippen molar-refractivity contribution in [2.24, 2.45) is 0 Å². The summed E-state index contributed by atoms with van der Waals surface area (Å²) in [7, 11) is 0. The molecular formula is C17H18BrNO3. The third-order valence-electron chi connectivity index (χ3n) is 4.52. The average molecular weight is 364 g/mol. The monoisotopic (exact) mass is 363 g/mol. The maximum atomic E-state index is 9.84. The molecule has 0 bridgehead atoms. The molecule has 0 amide bonds. The zero-order valence-corrected chi connectivity index (χ0v) is 13.8. The summed E-state index contributed by atoms with van der Waals surface area (Å²) in [5.41, 5.74) is 3.47. The van der Waals surface area contributed by atoms with Crippen molar-refractivity contribution in [1.29, 1.82) is 0 Å². The van der Waals surface area contributed by atoms with Crippen LogP contribution >= 0.6 is 17.0 Å². The molecule has 22 heavy (non-hydrogen) atoms. The summed E-state index contributed by atoms with van der Waals surface area (Å²) in [5.74, 6) is 0.539. The molecule has 3 N–H and O–H groups in total. The van der Waals surface area contributed by atoms with Gasteiger partial charge in [-0.15, -0.1) is 17.0 Å². The van der Waals surface area contributed by atoms with E-state index >= 15 is 0 Å². The predicted octanol–water partition coefficient (Wildman–Crippen LogP) is 3.23. The van der Waals surface area contributed by atoms with Crippen LogP contribution in [0.2, 0.25) is 0 Å². The van der Waals surface area contributed by atoms with Crippen molar-refractivity contribution >= 4 is 17.0 Å². The van der Waals surface area contributed by atoms with E-state index in [2.05, 4.69) is 24.4 Å². The second kappa shape index (κ2) is 5.48. The number of rotatable bonds is 0. The fourth-order valence-electron chi connectivity index (χ4n) is 3.56. The number of aromatic hydroxyl groups is 2. The largest absolute Gasteiger partial charge is 0.504 e. The molecule has 0 radical (unpaired) electrons. The van der Waals surface area contributed by atoms with E-state index in [-0.39, 0.29) is 46.5 Å². The van der Waals surface area contributed by atoms with Gasteiger partial charge in [0.25, 0.3) is 0 Å². The van der Waals surface area contributed by atoms with E-state index in [9.17, 15) is 10.2 Å². The van der Waals surface area contributed by atoms with Gasteiger partial charge in [-0.05, 0) is 24.1 Å². The molecule has 2 aliphatic rings. The van der Waals surface area contributed by atoms with Crippen molar-refractivity contribution < 1.29 is 14.9 Å². The molecule has 0 saturated carbocycles. The Morgan fingerprint density at radius 2 is 1.73 bits per heavy atom. The highest BCUT2D eigenvalue weighted by Crippen LogP contribution is 2.47. The summed E-state index contributed by atoms with van der Waals surface area (Å²) in [4.78, 5) is 0. The Hall–Kier alpha value is -1.72. The summed E-state index contributed by atoms with van der Waals surface area (Å²) in [5, 5.41) is 23.1. The minimum atomic E-state index is -0.141. The van der Waals surface area contributed by atoms with Crippen LogP contribution < -0.4 is 10.1 Å². The van der Waals surface area contributed by atoms with Gasteiger partial charge in [0.05, 0.1) is 6.04 Å². The molecule has 0 spiro atoms. The topological polar surface area (TPSA) is 61.7 Å². The highest BCUT2D eigenvalue weighted by atomic mass is 79.9. The number of fused-ring (bicyclic) bond motifs is 5. The molecule has 3 atom stereocenters. The standard InChI is InChI=1S/C17H17NO3.BrH/c1-9-10-4-2-3-5-11(10)17-12-6-14(19)15(20)7-16(12)21-8-13(17)18-9;/h2-7,9,13,17-20H,8H2,1H3;1H. The van der Waals surface area contributed by atoms with Crippen LogP contribution in [0.4, 0.5) is 0 Å². The quantitative estimate of drug-likeness (QED) is 0.628. The Labute approximate surface area is 139 Å². The Morgan fingerprint density at radius 3 is 2.50 bits per heavy atom. The normalized spacial score (nSPS) is 25.0. The van der Waals surface area contributed by atoms with Crippen molar-refractivity contribution in [2.75, 3.05) is 6.61 Å². The Kier molecular flexibility index (Phi) is 3.78. The molecule has 5 heteroatoms. The number of phenolic OH excluding ortho intramolecular Hbond substituents is 2. The molecule has 0 fully saturated rings. The van der Waals surface area contributed by atoms with Gasteiger partial charge in [-0.3, -0.25) is 0 Å². The van der Waals surface area contributed by atoms with Crippen molar-refractivity contribution in [1.82, 2.24) is 5.32 Å². The molecule has 4 rings (SSSR count). The van der Waals surface area contributed by atoms with Gasteiger partial charge in [0.2, 0.25) is 0 Å². The maximum absolute atomic E-state index is 9.84. The van der Waals surface area contributed by atoms with Crippen LogP contribution in [0.15, 0.2) is 36.4 Å². The van der Waals surface area contributed by atoms with Crippen molar-refractivity contribution in [3.63, 3.8) is 0 Å². The second-order valence-corrected chi connectivity index (χ2v) is 5.79. The van der Waals surface area contributed by atoms with Gasteiger partial charge >= 0.3 is 0 Å². The number of hydrogen-bond donors (Lipinski definition) is 3. The van der Waals surface area contributed by atoms with Crippen LogP contribution in [0.25, 0.3) is 0 Å². The average Bonchev–Trinajstić information content (AvgIpc) is 2.49. The third-order valence-corrected chi connectivity index (χ3v) is 4.52. The number of halogens is 1. The molecule has 3 unspecified atom stereocenters. The lowest BCUT2D eigenvalue weighted by atomic mass is 9.76. The van der Waals surface area contributed by atoms with Crippen molar-refractivity contribution in [2.45, 2.75) is 24.9 Å². The van der Waals surface area contributed by atoms with Crippen molar-refractivity contribution in [3.8, 4) is 17.2 Å². The highest BCUT2D eigenvalue weighted by molar-refractivity contribution is 8.93. The second-order valence-electron chi connectivity index (χ2n) is 5.79. The van der Waals surface area contributed by atoms with Crippen LogP contribution in [0.3, 0.4) is 0 Å². The van der Waals surface area contributed by atoms with Gasteiger partial charge in [0, 0.05) is 23.6 Å². The summed E-state index contributed by atoms with van der Waals surface area (Å²) in [6.45, 7) is 2.71. The molecule has 0 aromatic heterocycles. The molecular weight excluding hydrogens is 346 g/mol. The van der Waals surface area contributed by atoms with Gasteiger partial charge in [0.15, 0.2) is 11.5 Å². The van der Waals surface area contributed by atoms with Gasteiger partial charge < -0.3 is 20.3 Å². The first-order valence-corrected chi connectivity index (χ1v) is 7.18. The summed E-state index contributed by atoms with van der Waals surface area (Å²) < 4.78 is 5.76. The lowest BCUT2D eigenvalue weighted by molar-refractivity contribution is 0.204. The first kappa shape index (κ1) is 15.2. The van der Waals surface area contributed by atoms with Crippen molar-refractivity contribution in [3.05, 3.63) is 53.1 Å². The number of phenols is 2. The summed E-state index contributed by atoms with van der Waals surface area (Å²) in [6.07, 6.45) is 0. The number of ether oxygens (including phenoxy) is 1. The molecule has 2 aromatic rings. The van der Waals surface area contributed by atoms with Crippen LogP contribution in [0, 0.1) is 0 Å². The zero-order valence-electron chi connectivity index (χ0n) is 12.1. The Balaban J connectivity index is 0.00000144. The first-order chi connectivity index (χ1) is 10.1. The molecule has 4 nitrogen and oxygen atoms in total. The molecule has 0 aliphatic carbocycles. The zero-order chi connectivity index (χ0) is 14.6. The molecule has 0 saturated heterocycles. The van der Waals surface area contributed by atoms with E-state index in [1.807, 2.05) is 12.1 Å². The van der Waals surface area contributed by atoms with Crippen LogP contribution in [-0.2, 0) is 0 Å². The van der Waals surface area contributed by atoms with Crippen LogP contribution in [0.5, 0.6) is 17.2 Å². The SMILES string of the molecule is Br.CC1NC2COc3cc(O)c(O)cc3C2c2ccccc21. The Morgan fingerprint density at radius 1 is 1.05 bits per heavy atom. The van der Waals surface area contributed by atoms with E-state index in [4.69, 9.17) is 4.74 Å². The first-order valence-electron chi connectivity index (χ1n) is 7.18. The minimum Gasteiger partial charge on any atom is -0.504 e. The van der Waals surface area contributed by atoms with Gasteiger partial charge in [0.1, 0.15) is 12.4 Å². The van der Waals surface area contributed by atoms with E-state index in [0.717, 1.165) is 5.56 Å². The summed E-state index contributed by atoms with van der Waals surface area (Å²) in [6, 6.07) is 11.9. The van der Waals surface area contributed by atoms with Crippen LogP contribution in [0.1, 0.15) is 35.6 Å². The van der Waals surface area contributed by atoms with E-state index in [1.54, 1.807) is 6.07 Å². The minimum absolute atomic E-state index is 0. The molecule has 2 aromatic carbocycles.